The van der Waals surface area contributed by atoms with Crippen LogP contribution >= 0.6 is 0 Å². The van der Waals surface area contributed by atoms with Crippen molar-refractivity contribution in [1.82, 2.24) is 15.0 Å². The molecule has 9 heteroatoms. The Labute approximate surface area is 227 Å². The van der Waals surface area contributed by atoms with Gasteiger partial charge in [0.25, 0.3) is 0 Å². The molecule has 1 aliphatic carbocycles. The first kappa shape index (κ1) is 25.6. The minimum absolute atomic E-state index is 0.0588. The van der Waals surface area contributed by atoms with Gasteiger partial charge in [-0.3, -0.25) is 5.32 Å². The molecule has 2 saturated heterocycles. The van der Waals surface area contributed by atoms with Gasteiger partial charge in [0.15, 0.2) is 5.69 Å². The minimum atomic E-state index is -0.505. The number of fused-ring (bicyclic) bond motifs is 2. The van der Waals surface area contributed by atoms with E-state index >= 15 is 0 Å². The number of nitrogens with one attached hydrogen (secondary N) is 1. The Balaban J connectivity index is 1.11. The van der Waals surface area contributed by atoms with Gasteiger partial charge in [0, 0.05) is 29.1 Å². The average molecular weight is 531 g/mol. The van der Waals surface area contributed by atoms with Crippen molar-refractivity contribution >= 4 is 17.8 Å². The van der Waals surface area contributed by atoms with Crippen molar-refractivity contribution in [1.29, 1.82) is 0 Å². The van der Waals surface area contributed by atoms with E-state index in [1.54, 1.807) is 25.1 Å². The van der Waals surface area contributed by atoms with Crippen LogP contribution in [-0.4, -0.2) is 51.8 Å². The Bertz CT molecular complexity index is 1350. The number of piperidine rings is 1. The lowest BCUT2D eigenvalue weighted by Gasteiger charge is -2.38. The van der Waals surface area contributed by atoms with Gasteiger partial charge in [-0.25, -0.2) is 14.6 Å². The molecular weight excluding hydrogens is 496 g/mol. The summed E-state index contributed by atoms with van der Waals surface area (Å²) in [4.78, 5) is 31.5. The van der Waals surface area contributed by atoms with Crippen molar-refractivity contribution < 1.29 is 23.6 Å². The number of aromatic nitrogens is 2. The summed E-state index contributed by atoms with van der Waals surface area (Å²) in [6.07, 6.45) is 5.78. The predicted octanol–water partition coefficient (Wildman–Crippen LogP) is 5.84. The number of urea groups is 1. The van der Waals surface area contributed by atoms with Gasteiger partial charge in [-0.05, 0) is 70.1 Å². The molecule has 2 unspecified atom stereocenters. The highest BCUT2D eigenvalue weighted by Crippen LogP contribution is 2.45. The van der Waals surface area contributed by atoms with E-state index in [4.69, 9.17) is 14.0 Å². The maximum atomic E-state index is 13.2. The van der Waals surface area contributed by atoms with Gasteiger partial charge in [0.05, 0.1) is 19.3 Å². The van der Waals surface area contributed by atoms with E-state index in [-0.39, 0.29) is 36.5 Å². The Morgan fingerprint density at radius 1 is 1.05 bits per heavy atom. The number of aryl methyl sites for hydroxylation is 1. The molecule has 2 amide bonds. The molecule has 0 radical (unpaired) electrons. The summed E-state index contributed by atoms with van der Waals surface area (Å²) in [5, 5.41) is 7.35. The number of hydrogen-bond donors (Lipinski definition) is 1. The largest absolute Gasteiger partial charge is 0.461 e. The number of benzene rings is 1. The highest BCUT2D eigenvalue weighted by Gasteiger charge is 2.44. The zero-order chi connectivity index (χ0) is 26.9. The van der Waals surface area contributed by atoms with Crippen molar-refractivity contribution in [2.24, 2.45) is 0 Å². The van der Waals surface area contributed by atoms with Crippen LogP contribution in [0.4, 0.5) is 10.6 Å². The van der Waals surface area contributed by atoms with E-state index < -0.39 is 5.97 Å². The Hall–Kier alpha value is -3.72. The number of nitrogens with zero attached hydrogens (tertiary/aromatic N) is 3. The van der Waals surface area contributed by atoms with Gasteiger partial charge in [-0.1, -0.05) is 35.5 Å². The van der Waals surface area contributed by atoms with Crippen molar-refractivity contribution in [3.05, 3.63) is 65.0 Å². The lowest BCUT2D eigenvalue weighted by Crippen LogP contribution is -2.50. The maximum absolute atomic E-state index is 13.2. The molecule has 1 saturated carbocycles. The second-order valence-electron chi connectivity index (χ2n) is 10.7. The number of pyridine rings is 1. The summed E-state index contributed by atoms with van der Waals surface area (Å²) in [7, 11) is 0. The fourth-order valence-corrected chi connectivity index (χ4v) is 5.97. The quantitative estimate of drug-likeness (QED) is 0.365. The number of ether oxygens (including phenoxy) is 2. The van der Waals surface area contributed by atoms with Crippen LogP contribution in [0.1, 0.15) is 78.7 Å². The van der Waals surface area contributed by atoms with Crippen LogP contribution < -0.4 is 5.32 Å². The third-order valence-corrected chi connectivity index (χ3v) is 8.02. The zero-order valence-electron chi connectivity index (χ0n) is 22.4. The first-order valence-electron chi connectivity index (χ1n) is 13.9. The fourth-order valence-electron chi connectivity index (χ4n) is 5.97. The second-order valence-corrected chi connectivity index (χ2v) is 10.7. The molecule has 1 aromatic carbocycles. The van der Waals surface area contributed by atoms with Gasteiger partial charge < -0.3 is 18.9 Å². The molecule has 6 rings (SSSR count). The molecule has 39 heavy (non-hydrogen) atoms. The monoisotopic (exact) mass is 530 g/mol. The topological polar surface area (TPSA) is 107 Å². The molecule has 2 atom stereocenters. The minimum Gasteiger partial charge on any atom is -0.461 e. The van der Waals surface area contributed by atoms with Crippen molar-refractivity contribution in [2.45, 2.75) is 83.1 Å². The molecule has 9 nitrogen and oxygen atoms in total. The summed E-state index contributed by atoms with van der Waals surface area (Å²) in [5.74, 6) is 1.24. The van der Waals surface area contributed by atoms with Crippen LogP contribution in [0, 0.1) is 6.92 Å². The van der Waals surface area contributed by atoms with Crippen molar-refractivity contribution in [2.75, 3.05) is 11.9 Å². The number of anilines is 1. The first-order valence-corrected chi connectivity index (χ1v) is 13.9. The molecule has 204 valence electrons. The molecule has 3 aromatic rings. The second kappa shape index (κ2) is 10.8. The normalized spacial score (nSPS) is 22.1. The van der Waals surface area contributed by atoms with Gasteiger partial charge in [-0.2, -0.15) is 0 Å². The Kier molecular flexibility index (Phi) is 7.08. The summed E-state index contributed by atoms with van der Waals surface area (Å²) >= 11 is 0. The summed E-state index contributed by atoms with van der Waals surface area (Å²) in [6, 6.07) is 13.2. The molecule has 4 heterocycles. The van der Waals surface area contributed by atoms with Gasteiger partial charge >= 0.3 is 12.0 Å². The zero-order valence-corrected chi connectivity index (χ0v) is 22.4. The SMILES string of the molecule is CCOC(=O)c1cccc(NC(=O)N2C3CCC2CC(OCc2c(-c4ccccc4C)noc2C2CC2)C3)n1. The van der Waals surface area contributed by atoms with E-state index in [0.717, 1.165) is 66.7 Å². The molecule has 2 aromatic heterocycles. The van der Waals surface area contributed by atoms with E-state index in [2.05, 4.69) is 34.5 Å². The standard InChI is InChI=1S/C30H34N4O5/c1-3-37-29(35)25-9-6-10-26(31-25)32-30(36)34-20-13-14-21(34)16-22(15-20)38-17-24-27(23-8-5-4-7-18(23)2)33-39-28(24)19-11-12-19/h4-10,19-22H,3,11-17H2,1-2H3,(H,31,32,36). The molecule has 2 aliphatic heterocycles. The summed E-state index contributed by atoms with van der Waals surface area (Å²) in [5.41, 5.74) is 4.36. The molecule has 0 spiro atoms. The number of amides is 2. The summed E-state index contributed by atoms with van der Waals surface area (Å²) in [6.45, 7) is 4.56. The molecule has 2 bridgehead atoms. The molecule has 3 fully saturated rings. The third kappa shape index (κ3) is 5.28. The van der Waals surface area contributed by atoms with Crippen LogP contribution in [0.3, 0.4) is 0 Å². The maximum Gasteiger partial charge on any atom is 0.356 e. The van der Waals surface area contributed by atoms with Crippen molar-refractivity contribution in [3.8, 4) is 11.3 Å². The summed E-state index contributed by atoms with van der Waals surface area (Å²) < 4.78 is 17.4. The van der Waals surface area contributed by atoms with Gasteiger partial charge in [0.2, 0.25) is 0 Å². The number of carbonyl (C=O) groups is 2. The van der Waals surface area contributed by atoms with Crippen molar-refractivity contribution in [3.63, 3.8) is 0 Å². The molecule has 1 N–H and O–H groups in total. The number of esters is 1. The Morgan fingerprint density at radius 3 is 2.54 bits per heavy atom. The molecule has 3 aliphatic rings. The smallest absolute Gasteiger partial charge is 0.356 e. The third-order valence-electron chi connectivity index (χ3n) is 8.02. The van der Waals surface area contributed by atoms with Gasteiger partial charge in [-0.15, -0.1) is 0 Å². The van der Waals surface area contributed by atoms with Crippen LogP contribution in [0.25, 0.3) is 11.3 Å². The van der Waals surface area contributed by atoms with Gasteiger partial charge in [0.1, 0.15) is 17.3 Å². The van der Waals surface area contributed by atoms with E-state index in [0.29, 0.717) is 18.3 Å². The highest BCUT2D eigenvalue weighted by molar-refractivity contribution is 5.91. The van der Waals surface area contributed by atoms with E-state index in [1.165, 1.54) is 0 Å². The number of hydrogen-bond acceptors (Lipinski definition) is 7. The number of carbonyl (C=O) groups excluding carboxylic acids is 2. The number of rotatable bonds is 8. The predicted molar refractivity (Wildman–Crippen MR) is 144 cm³/mol. The first-order chi connectivity index (χ1) is 19.0. The van der Waals surface area contributed by atoms with Crippen LogP contribution in [-0.2, 0) is 16.1 Å². The van der Waals surface area contributed by atoms with E-state index in [1.807, 2.05) is 17.0 Å². The fraction of sp³-hybridized carbons (Fsp3) is 0.467. The lowest BCUT2D eigenvalue weighted by atomic mass is 9.99. The molecular formula is C30H34N4O5. The Morgan fingerprint density at radius 2 is 1.82 bits per heavy atom. The lowest BCUT2D eigenvalue weighted by molar-refractivity contribution is -0.0158. The average Bonchev–Trinajstić information content (AvgIpc) is 3.63. The van der Waals surface area contributed by atoms with Crippen LogP contribution in [0.5, 0.6) is 0 Å². The van der Waals surface area contributed by atoms with Crippen LogP contribution in [0.15, 0.2) is 47.0 Å². The van der Waals surface area contributed by atoms with Crippen LogP contribution in [0.2, 0.25) is 0 Å². The highest BCUT2D eigenvalue weighted by atomic mass is 16.5. The van der Waals surface area contributed by atoms with E-state index in [9.17, 15) is 9.59 Å².